The largest absolute Gasteiger partial charge is 0.490 e. The molecule has 2 aromatic heterocycles. The Kier molecular flexibility index (Phi) is 2.22. The van der Waals surface area contributed by atoms with Crippen molar-refractivity contribution in [3.8, 4) is 0 Å². The molecule has 0 amide bonds. The zero-order valence-corrected chi connectivity index (χ0v) is 7.75. The van der Waals surface area contributed by atoms with Gasteiger partial charge in [0.05, 0.1) is 6.33 Å². The average Bonchev–Trinajstić information content (AvgIpc) is 2.59. The summed E-state index contributed by atoms with van der Waals surface area (Å²) in [7, 11) is -1.49. The molecule has 0 aliphatic heterocycles. The Morgan fingerprint density at radius 1 is 1.43 bits per heavy atom. The third-order valence-corrected chi connectivity index (χ3v) is 2.12. The molecule has 0 fully saturated rings. The fourth-order valence-electron chi connectivity index (χ4n) is 1.34. The molecule has 0 saturated heterocycles. The highest BCUT2D eigenvalue weighted by atomic mass is 16.4. The van der Waals surface area contributed by atoms with Gasteiger partial charge in [0.15, 0.2) is 5.65 Å². The molecule has 0 aliphatic carbocycles. The molecule has 5 nitrogen and oxygen atoms in total. The summed E-state index contributed by atoms with van der Waals surface area (Å²) in [4.78, 5) is 8.22. The van der Waals surface area contributed by atoms with E-state index in [9.17, 15) is 0 Å². The average molecular weight is 191 g/mol. The van der Waals surface area contributed by atoms with Gasteiger partial charge in [0.2, 0.25) is 0 Å². The van der Waals surface area contributed by atoms with Crippen molar-refractivity contribution < 1.29 is 10.0 Å². The van der Waals surface area contributed by atoms with Gasteiger partial charge in [-0.3, -0.25) is 0 Å². The first-order valence-electron chi connectivity index (χ1n) is 4.39. The van der Waals surface area contributed by atoms with E-state index in [0.29, 0.717) is 11.0 Å². The van der Waals surface area contributed by atoms with Crippen molar-refractivity contribution in [1.82, 2.24) is 14.5 Å². The molecule has 0 spiro atoms. The Hall–Kier alpha value is -1.40. The molecule has 0 atom stereocenters. The third-order valence-electron chi connectivity index (χ3n) is 2.12. The van der Waals surface area contributed by atoms with E-state index in [1.165, 1.54) is 6.20 Å². The van der Waals surface area contributed by atoms with Crippen LogP contribution in [-0.4, -0.2) is 31.7 Å². The number of aromatic nitrogens is 3. The van der Waals surface area contributed by atoms with Gasteiger partial charge in [-0.05, 0) is 13.0 Å². The maximum Gasteiger partial charge on any atom is 0.490 e. The first-order valence-corrected chi connectivity index (χ1v) is 4.39. The Morgan fingerprint density at radius 2 is 2.21 bits per heavy atom. The van der Waals surface area contributed by atoms with Crippen LogP contribution in [0.3, 0.4) is 0 Å². The molecule has 0 radical (unpaired) electrons. The van der Waals surface area contributed by atoms with E-state index in [1.54, 1.807) is 12.4 Å². The van der Waals surface area contributed by atoms with Crippen LogP contribution in [0, 0.1) is 0 Å². The van der Waals surface area contributed by atoms with Gasteiger partial charge in [-0.2, -0.15) is 0 Å². The number of hydrogen-bond acceptors (Lipinski definition) is 4. The van der Waals surface area contributed by atoms with Crippen LogP contribution in [0.4, 0.5) is 0 Å². The number of aryl methyl sites for hydroxylation is 1. The number of fused-ring (bicyclic) bond motifs is 1. The molecule has 0 bridgehead atoms. The molecule has 0 aliphatic rings. The Balaban J connectivity index is 2.57. The second-order valence-corrected chi connectivity index (χ2v) is 3.02. The SMILES string of the molecule is CCn1cnc2cc(B(O)O)cnc21. The van der Waals surface area contributed by atoms with Crippen LogP contribution in [0.15, 0.2) is 18.6 Å². The van der Waals surface area contributed by atoms with E-state index < -0.39 is 7.12 Å². The lowest BCUT2D eigenvalue weighted by Crippen LogP contribution is -2.30. The number of imidazole rings is 1. The normalized spacial score (nSPS) is 10.8. The predicted octanol–water partition coefficient (Wildman–Crippen LogP) is -0.869. The quantitative estimate of drug-likeness (QED) is 0.605. The van der Waals surface area contributed by atoms with Crippen LogP contribution < -0.4 is 5.46 Å². The molecule has 2 heterocycles. The molecule has 0 unspecified atom stereocenters. The van der Waals surface area contributed by atoms with E-state index in [1.807, 2.05) is 11.5 Å². The summed E-state index contributed by atoms with van der Waals surface area (Å²) in [6.07, 6.45) is 3.13. The smallest absolute Gasteiger partial charge is 0.423 e. The number of rotatable bonds is 2. The first kappa shape index (κ1) is 9.17. The Bertz CT molecular complexity index is 455. The lowest BCUT2D eigenvalue weighted by molar-refractivity contribution is 0.425. The van der Waals surface area contributed by atoms with Gasteiger partial charge in [-0.25, -0.2) is 9.97 Å². The highest BCUT2D eigenvalue weighted by molar-refractivity contribution is 6.58. The van der Waals surface area contributed by atoms with E-state index in [2.05, 4.69) is 9.97 Å². The van der Waals surface area contributed by atoms with E-state index >= 15 is 0 Å². The maximum absolute atomic E-state index is 8.93. The van der Waals surface area contributed by atoms with Gasteiger partial charge in [-0.1, -0.05) is 0 Å². The molecule has 0 aromatic carbocycles. The fraction of sp³-hybridized carbons (Fsp3) is 0.250. The van der Waals surface area contributed by atoms with Crippen molar-refractivity contribution in [1.29, 1.82) is 0 Å². The second-order valence-electron chi connectivity index (χ2n) is 3.02. The van der Waals surface area contributed by atoms with Gasteiger partial charge < -0.3 is 14.6 Å². The summed E-state index contributed by atoms with van der Waals surface area (Å²) in [6, 6.07) is 1.62. The molecule has 14 heavy (non-hydrogen) atoms. The topological polar surface area (TPSA) is 71.2 Å². The Morgan fingerprint density at radius 3 is 2.86 bits per heavy atom. The molecule has 6 heteroatoms. The summed E-state index contributed by atoms with van der Waals surface area (Å²) < 4.78 is 1.89. The lowest BCUT2D eigenvalue weighted by Gasteiger charge is -1.99. The van der Waals surface area contributed by atoms with Crippen LogP contribution >= 0.6 is 0 Å². The lowest BCUT2D eigenvalue weighted by atomic mass is 9.82. The minimum absolute atomic E-state index is 0.360. The van der Waals surface area contributed by atoms with Crippen molar-refractivity contribution in [3.05, 3.63) is 18.6 Å². The number of pyridine rings is 1. The summed E-state index contributed by atoms with van der Waals surface area (Å²) in [5, 5.41) is 17.9. The highest BCUT2D eigenvalue weighted by Crippen LogP contribution is 2.07. The summed E-state index contributed by atoms with van der Waals surface area (Å²) >= 11 is 0. The van der Waals surface area contributed by atoms with Crippen LogP contribution in [-0.2, 0) is 6.54 Å². The van der Waals surface area contributed by atoms with E-state index in [-0.39, 0.29) is 0 Å². The summed E-state index contributed by atoms with van der Waals surface area (Å²) in [5.74, 6) is 0. The molecule has 72 valence electrons. The predicted molar refractivity (Wildman–Crippen MR) is 53.0 cm³/mol. The van der Waals surface area contributed by atoms with Crippen molar-refractivity contribution >= 4 is 23.7 Å². The fourth-order valence-corrected chi connectivity index (χ4v) is 1.34. The van der Waals surface area contributed by atoms with Crippen molar-refractivity contribution in [3.63, 3.8) is 0 Å². The second kappa shape index (κ2) is 3.40. The molecule has 0 saturated carbocycles. The minimum Gasteiger partial charge on any atom is -0.423 e. The van der Waals surface area contributed by atoms with Crippen LogP contribution in [0.5, 0.6) is 0 Å². The van der Waals surface area contributed by atoms with E-state index in [0.717, 1.165) is 12.2 Å². The van der Waals surface area contributed by atoms with Gasteiger partial charge in [-0.15, -0.1) is 0 Å². The zero-order valence-electron chi connectivity index (χ0n) is 7.75. The zero-order chi connectivity index (χ0) is 10.1. The molecule has 2 N–H and O–H groups in total. The van der Waals surface area contributed by atoms with Gasteiger partial charge >= 0.3 is 7.12 Å². The highest BCUT2D eigenvalue weighted by Gasteiger charge is 2.13. The summed E-state index contributed by atoms with van der Waals surface area (Å²) in [5.41, 5.74) is 1.80. The van der Waals surface area contributed by atoms with Crippen molar-refractivity contribution in [2.45, 2.75) is 13.5 Å². The number of nitrogens with zero attached hydrogens (tertiary/aromatic N) is 3. The van der Waals surface area contributed by atoms with Crippen LogP contribution in [0.1, 0.15) is 6.92 Å². The monoisotopic (exact) mass is 191 g/mol. The van der Waals surface area contributed by atoms with Gasteiger partial charge in [0.1, 0.15) is 5.52 Å². The molecular weight excluding hydrogens is 181 g/mol. The standard InChI is InChI=1S/C8H10BN3O2/c1-2-12-5-11-7-3-6(9(13)14)4-10-8(7)12/h3-5,13-14H,2H2,1H3. The Labute approximate surface area is 81.2 Å². The maximum atomic E-state index is 8.93. The molecule has 2 rings (SSSR count). The van der Waals surface area contributed by atoms with Crippen molar-refractivity contribution in [2.24, 2.45) is 0 Å². The molecular formula is C8H10BN3O2. The van der Waals surface area contributed by atoms with Crippen LogP contribution in [0.2, 0.25) is 0 Å². The first-order chi connectivity index (χ1) is 6.72. The van der Waals surface area contributed by atoms with E-state index in [4.69, 9.17) is 10.0 Å². The van der Waals surface area contributed by atoms with Crippen molar-refractivity contribution in [2.75, 3.05) is 0 Å². The minimum atomic E-state index is -1.49. The summed E-state index contributed by atoms with van der Waals surface area (Å²) in [6.45, 7) is 2.79. The van der Waals surface area contributed by atoms with Gasteiger partial charge in [0, 0.05) is 18.2 Å². The third kappa shape index (κ3) is 1.38. The van der Waals surface area contributed by atoms with Gasteiger partial charge in [0.25, 0.3) is 0 Å². The number of hydrogen-bond donors (Lipinski definition) is 2. The van der Waals surface area contributed by atoms with Crippen LogP contribution in [0.25, 0.3) is 11.2 Å². The molecule has 2 aromatic rings.